The summed E-state index contributed by atoms with van der Waals surface area (Å²) in [5.74, 6) is 0.128. The largest absolute Gasteiger partial charge is 0.469 e. The number of ether oxygens (including phenoxy) is 4. The van der Waals surface area contributed by atoms with Crippen molar-refractivity contribution >= 4 is 17.7 Å². The second kappa shape index (κ2) is 16.3. The molecule has 13 nitrogen and oxygen atoms in total. The number of Topliss-reactive ketones (excluding diaryl/α,β-unsaturated/α-hetero) is 1. The predicted molar refractivity (Wildman–Crippen MR) is 301 cm³/mol. The summed E-state index contributed by atoms with van der Waals surface area (Å²) >= 11 is 0. The molecule has 0 amide bonds. The van der Waals surface area contributed by atoms with Gasteiger partial charge in [-0.1, -0.05) is 80.8 Å². The number of allylic oxidation sites excluding steroid dienone is 2. The third-order valence-corrected chi connectivity index (χ3v) is 29.8. The highest BCUT2D eigenvalue weighted by Gasteiger charge is 3.03. The van der Waals surface area contributed by atoms with E-state index in [0.29, 0.717) is 54.7 Å². The summed E-state index contributed by atoms with van der Waals surface area (Å²) in [5.41, 5.74) is -5.67. The number of hydrogen-bond donors (Lipinski definition) is 4. The lowest BCUT2D eigenvalue weighted by Crippen LogP contribution is -2.84. The van der Waals surface area contributed by atoms with Gasteiger partial charge in [0.2, 0.25) is 0 Å². The highest BCUT2D eigenvalue weighted by molar-refractivity contribution is 5.95. The van der Waals surface area contributed by atoms with Crippen LogP contribution in [-0.2, 0) is 46.2 Å². The average Bonchev–Trinajstić information content (AvgIpc) is 1.43. The number of epoxide rings is 1. The fraction of sp³-hybridized carbons (Fsp3) is 0.729. The van der Waals surface area contributed by atoms with Crippen LogP contribution in [0.2, 0.25) is 0 Å². The van der Waals surface area contributed by atoms with Crippen LogP contribution in [0.25, 0.3) is 0 Å². The van der Waals surface area contributed by atoms with E-state index in [0.717, 1.165) is 115 Å². The van der Waals surface area contributed by atoms with Crippen LogP contribution in [0.15, 0.2) is 83.2 Å². The van der Waals surface area contributed by atoms with E-state index in [1.54, 1.807) is 6.26 Å². The molecule has 440 valence electrons. The molecule has 14 fully saturated rings. The zero-order valence-corrected chi connectivity index (χ0v) is 48.4. The minimum Gasteiger partial charge on any atom is -0.469 e. The van der Waals surface area contributed by atoms with Crippen molar-refractivity contribution in [3.8, 4) is 0 Å². The summed E-state index contributed by atoms with van der Waals surface area (Å²) < 4.78 is 37.1. The molecule has 9 saturated carbocycles. The van der Waals surface area contributed by atoms with Crippen molar-refractivity contribution in [2.45, 2.75) is 177 Å². The highest BCUT2D eigenvalue weighted by Crippen LogP contribution is 2.97. The smallest absolute Gasteiger partial charge is 0.339 e. The van der Waals surface area contributed by atoms with Gasteiger partial charge in [0.15, 0.2) is 11.9 Å². The topological polar surface area (TPSA) is 181 Å². The van der Waals surface area contributed by atoms with Crippen molar-refractivity contribution in [1.82, 2.24) is 10.2 Å². The van der Waals surface area contributed by atoms with Gasteiger partial charge in [-0.25, -0.2) is 4.79 Å². The van der Waals surface area contributed by atoms with Gasteiger partial charge in [0, 0.05) is 40.8 Å². The molecule has 8 heterocycles. The Kier molecular flexibility index (Phi) is 10.0. The van der Waals surface area contributed by atoms with Crippen LogP contribution < -0.4 is 5.32 Å². The molecule has 2 aromatic rings. The molecular weight excluding hydrogens is 1040 g/mol. The van der Waals surface area contributed by atoms with Gasteiger partial charge in [-0.2, -0.15) is 0 Å². The van der Waals surface area contributed by atoms with Gasteiger partial charge < -0.3 is 43.6 Å². The number of rotatable bonds is 9. The molecule has 1 aromatic carbocycles. The molecule has 13 heteroatoms. The number of ketones is 1. The molecule has 7 aliphatic heterocycles. The Morgan fingerprint density at radius 3 is 2.63 bits per heavy atom. The van der Waals surface area contributed by atoms with Crippen LogP contribution in [0.4, 0.5) is 0 Å². The Balaban J connectivity index is 0.835. The van der Waals surface area contributed by atoms with E-state index in [2.05, 4.69) is 84.9 Å². The molecule has 17 aliphatic rings. The van der Waals surface area contributed by atoms with Gasteiger partial charge in [-0.3, -0.25) is 14.9 Å². The third-order valence-electron chi connectivity index (χ3n) is 29.8. The van der Waals surface area contributed by atoms with E-state index in [-0.39, 0.29) is 71.8 Å². The van der Waals surface area contributed by atoms with E-state index >= 15 is 14.4 Å². The molecule has 5 saturated heterocycles. The molecule has 10 aliphatic carbocycles. The number of carbonyl (C=O) groups excluding carboxylic acids is 3. The monoisotopic (exact) mass is 1130 g/mol. The number of aliphatic hydroxyl groups is 3. The fourth-order valence-electron chi connectivity index (χ4n) is 28.4. The van der Waals surface area contributed by atoms with Crippen LogP contribution in [0.3, 0.4) is 0 Å². The number of benzene rings is 1. The predicted octanol–water partition coefficient (Wildman–Crippen LogP) is 8.75. The SMILES string of the molecule is CC12CC=C3CC4CC5C=CC67C(=O)OCC8(C1C(=O)C(O)C1(C9CCCC(Cc%10ccccc%10)C9)C8C(CC8(C)C(c9ccoc9CC(C(O)CO)C9CCC%10C(C=CN%11CNCC%10%11)C9)OC(=O)C9OC981)C1CCC8CCCC58C416)C37O2. The van der Waals surface area contributed by atoms with E-state index in [1.165, 1.54) is 11.1 Å². The first-order valence-corrected chi connectivity index (χ1v) is 33.2. The van der Waals surface area contributed by atoms with Crippen molar-refractivity contribution in [2.75, 3.05) is 26.4 Å². The molecule has 0 radical (unpaired) electrons. The number of nitrogens with one attached hydrogen (secondary N) is 1. The number of aliphatic hydroxyl groups excluding tert-OH is 3. The lowest BCUT2D eigenvalue weighted by molar-refractivity contribution is -0.311. The minimum atomic E-state index is -1.50. The number of carbonyl (C=O) groups is 3. The summed E-state index contributed by atoms with van der Waals surface area (Å²) in [6, 6.07) is 13.2. The average molecular weight is 1130 g/mol. The molecule has 6 spiro atoms. The molecule has 4 N–H and O–H groups in total. The van der Waals surface area contributed by atoms with Crippen LogP contribution in [0.5, 0.6) is 0 Å². The van der Waals surface area contributed by atoms with Gasteiger partial charge in [0.1, 0.15) is 41.2 Å². The molecule has 83 heavy (non-hydrogen) atoms. The van der Waals surface area contributed by atoms with Gasteiger partial charge in [-0.05, 0) is 197 Å². The van der Waals surface area contributed by atoms with E-state index in [9.17, 15) is 15.3 Å². The second-order valence-electron chi connectivity index (χ2n) is 31.5. The molecule has 1 aromatic heterocycles. The van der Waals surface area contributed by atoms with Crippen molar-refractivity contribution in [2.24, 2.45) is 109 Å². The van der Waals surface area contributed by atoms with Crippen molar-refractivity contribution < 1.29 is 53.1 Å². The van der Waals surface area contributed by atoms with Gasteiger partial charge in [0.05, 0.1) is 42.6 Å². The maximum absolute atomic E-state index is 17.2. The normalized spacial score (nSPS) is 54.9. The quantitative estimate of drug-likeness (QED) is 0.106. The van der Waals surface area contributed by atoms with E-state index in [4.69, 9.17) is 23.4 Å². The Labute approximate surface area is 487 Å². The maximum Gasteiger partial charge on any atom is 0.339 e. The Morgan fingerprint density at radius 1 is 0.892 bits per heavy atom. The summed E-state index contributed by atoms with van der Waals surface area (Å²) in [4.78, 5) is 51.9. The Bertz CT molecular complexity index is 3270. The zero-order chi connectivity index (χ0) is 55.8. The van der Waals surface area contributed by atoms with Gasteiger partial charge in [-0.15, -0.1) is 0 Å². The number of fused-ring (bicyclic) bond motifs is 6. The van der Waals surface area contributed by atoms with Crippen LogP contribution in [0, 0.1) is 109 Å². The van der Waals surface area contributed by atoms with Crippen LogP contribution in [-0.4, -0.2) is 106 Å². The standard InChI is InChI=1S/C70H84N2O11/c1-62-32-49-50-16-14-41-12-7-21-64(41)42-18-23-66-61(78)80-35-65-55(49)67(43-11-6-10-38(27-43)26-37-8-4-3-5-9-37,57(76)54(75)56(65)63(2)22-17-44(69(65,66)83-63)30-45(29-42)68(50,64)66)70(62)59(82-70)60(77)81-58(62)47-20-25-79-53(47)31-48(52(74)34-73)39-13-15-46-40(28-39)19-24-72-36-71-33-51(46)72/h3-5,8-9,17-20,23-25,38-43,45-46,48-52,55-59,71,73-74,76H,6-7,10-16,21-22,26-36H2,1-2H3. The van der Waals surface area contributed by atoms with Crippen molar-refractivity contribution in [1.29, 1.82) is 0 Å². The Hall–Kier alpha value is -4.11. The van der Waals surface area contributed by atoms with Crippen LogP contribution in [0.1, 0.15) is 140 Å². The lowest BCUT2D eigenvalue weighted by Gasteiger charge is -2.75. The summed E-state index contributed by atoms with van der Waals surface area (Å²) in [7, 11) is 0. The molecule has 27 unspecified atom stereocenters. The number of hydrogen-bond acceptors (Lipinski definition) is 13. The minimum absolute atomic E-state index is 0.0142. The first kappa shape index (κ1) is 51.0. The molecular formula is C70H84N2O11. The van der Waals surface area contributed by atoms with Gasteiger partial charge in [0.25, 0.3) is 0 Å². The lowest BCUT2D eigenvalue weighted by atomic mass is 9.28. The van der Waals surface area contributed by atoms with Crippen molar-refractivity contribution in [3.05, 3.63) is 95.6 Å². The van der Waals surface area contributed by atoms with Gasteiger partial charge >= 0.3 is 11.9 Å². The number of nitrogens with zero attached hydrogens (tertiary/aromatic N) is 1. The summed E-state index contributed by atoms with van der Waals surface area (Å²) in [6.07, 6.45) is 25.1. The maximum atomic E-state index is 17.2. The van der Waals surface area contributed by atoms with E-state index in [1.807, 2.05) is 6.07 Å². The number of esters is 2. The van der Waals surface area contributed by atoms with Crippen LogP contribution >= 0.6 is 0 Å². The Morgan fingerprint density at radius 2 is 1.76 bits per heavy atom. The number of furan rings is 1. The first-order valence-electron chi connectivity index (χ1n) is 33.2. The molecule has 19 rings (SSSR count). The zero-order valence-electron chi connectivity index (χ0n) is 48.4. The summed E-state index contributed by atoms with van der Waals surface area (Å²) in [5, 5.41) is 41.2. The highest BCUT2D eigenvalue weighted by atomic mass is 16.7. The first-order chi connectivity index (χ1) is 40.3. The molecule has 27 atom stereocenters. The number of cyclic esters (lactones) is 2. The second-order valence-corrected chi connectivity index (χ2v) is 31.5. The van der Waals surface area contributed by atoms with E-state index < -0.39 is 86.1 Å². The fourth-order valence-corrected chi connectivity index (χ4v) is 28.4. The molecule has 6 bridgehead atoms. The third kappa shape index (κ3) is 5.27. The summed E-state index contributed by atoms with van der Waals surface area (Å²) in [6.45, 7) is 5.96. The van der Waals surface area contributed by atoms with Crippen molar-refractivity contribution in [3.63, 3.8) is 0 Å².